The fourth-order valence-corrected chi connectivity index (χ4v) is 3.35. The van der Waals surface area contributed by atoms with Gasteiger partial charge in [-0.2, -0.15) is 0 Å². The van der Waals surface area contributed by atoms with Crippen molar-refractivity contribution in [2.24, 2.45) is 0 Å². The molecule has 1 aliphatic rings. The van der Waals surface area contributed by atoms with E-state index in [1.165, 1.54) is 12.1 Å². The molecule has 6 heteroatoms. The van der Waals surface area contributed by atoms with Crippen molar-refractivity contribution < 1.29 is 29.0 Å². The molecule has 6 nitrogen and oxygen atoms in total. The molecule has 0 saturated heterocycles. The Balaban J connectivity index is 1.98. The van der Waals surface area contributed by atoms with E-state index in [1.54, 1.807) is 37.3 Å². The minimum absolute atomic E-state index is 0.0378. The SMILES string of the molecule is CCOC(=O)C1=CCC(C)(C)c2ccc(C(=O)Oc3ccccc3C(=O)O)cc21. The molecule has 0 aliphatic heterocycles. The van der Waals surface area contributed by atoms with E-state index in [0.717, 1.165) is 5.56 Å². The number of carbonyl (C=O) groups is 3. The summed E-state index contributed by atoms with van der Waals surface area (Å²) in [5, 5.41) is 9.26. The molecule has 0 saturated carbocycles. The number of benzene rings is 2. The Labute approximate surface area is 168 Å². The second-order valence-corrected chi connectivity index (χ2v) is 7.38. The number of aromatic carboxylic acids is 1. The lowest BCUT2D eigenvalue weighted by atomic mass is 9.73. The molecule has 2 aromatic carbocycles. The molecular formula is C23H22O6. The van der Waals surface area contributed by atoms with Crippen LogP contribution in [0.5, 0.6) is 5.75 Å². The van der Waals surface area contributed by atoms with Gasteiger partial charge in [0.05, 0.1) is 17.7 Å². The van der Waals surface area contributed by atoms with Crippen LogP contribution in [0.25, 0.3) is 5.57 Å². The maximum atomic E-state index is 12.7. The van der Waals surface area contributed by atoms with Crippen molar-refractivity contribution in [3.8, 4) is 5.75 Å². The summed E-state index contributed by atoms with van der Waals surface area (Å²) in [5.41, 5.74) is 1.89. The Morgan fingerprint density at radius 1 is 1.07 bits per heavy atom. The number of esters is 2. The molecular weight excluding hydrogens is 372 g/mol. The molecule has 0 atom stereocenters. The van der Waals surface area contributed by atoms with Gasteiger partial charge in [-0.3, -0.25) is 0 Å². The van der Waals surface area contributed by atoms with Crippen LogP contribution in [0.3, 0.4) is 0 Å². The molecule has 1 aliphatic carbocycles. The van der Waals surface area contributed by atoms with Crippen molar-refractivity contribution in [1.82, 2.24) is 0 Å². The van der Waals surface area contributed by atoms with Crippen LogP contribution in [0.1, 0.15) is 59.0 Å². The quantitative estimate of drug-likeness (QED) is 0.603. The number of allylic oxidation sites excluding steroid dienone is 1. The first-order valence-electron chi connectivity index (χ1n) is 9.31. The van der Waals surface area contributed by atoms with Crippen LogP contribution in [-0.4, -0.2) is 29.6 Å². The van der Waals surface area contributed by atoms with Crippen molar-refractivity contribution in [2.75, 3.05) is 6.61 Å². The van der Waals surface area contributed by atoms with Gasteiger partial charge in [0.15, 0.2) is 0 Å². The predicted octanol–water partition coefficient (Wildman–Crippen LogP) is 4.23. The highest BCUT2D eigenvalue weighted by molar-refractivity contribution is 6.17. The Morgan fingerprint density at radius 2 is 1.79 bits per heavy atom. The Bertz CT molecular complexity index is 1020. The van der Waals surface area contributed by atoms with Crippen LogP contribution in [0.15, 0.2) is 48.5 Å². The van der Waals surface area contributed by atoms with Gasteiger partial charge in [0.25, 0.3) is 0 Å². The fraction of sp³-hybridized carbons (Fsp3) is 0.261. The van der Waals surface area contributed by atoms with Crippen LogP contribution < -0.4 is 4.74 Å². The van der Waals surface area contributed by atoms with Gasteiger partial charge in [-0.15, -0.1) is 0 Å². The van der Waals surface area contributed by atoms with Crippen LogP contribution in [0, 0.1) is 0 Å². The second kappa shape index (κ2) is 7.91. The predicted molar refractivity (Wildman–Crippen MR) is 107 cm³/mol. The van der Waals surface area contributed by atoms with Gasteiger partial charge in [0, 0.05) is 0 Å². The number of para-hydroxylation sites is 1. The van der Waals surface area contributed by atoms with E-state index in [4.69, 9.17) is 9.47 Å². The monoisotopic (exact) mass is 394 g/mol. The Hall–Kier alpha value is -3.41. The summed E-state index contributed by atoms with van der Waals surface area (Å²) in [6.07, 6.45) is 2.50. The van der Waals surface area contributed by atoms with Crippen molar-refractivity contribution in [1.29, 1.82) is 0 Å². The lowest BCUT2D eigenvalue weighted by Crippen LogP contribution is -2.25. The van der Waals surface area contributed by atoms with Crippen LogP contribution in [0.4, 0.5) is 0 Å². The highest BCUT2D eigenvalue weighted by Gasteiger charge is 2.32. The number of carboxylic acid groups (broad SMARTS) is 1. The van der Waals surface area contributed by atoms with E-state index in [1.807, 2.05) is 6.08 Å². The van der Waals surface area contributed by atoms with Crippen molar-refractivity contribution in [3.63, 3.8) is 0 Å². The number of fused-ring (bicyclic) bond motifs is 1. The third-order valence-corrected chi connectivity index (χ3v) is 4.91. The van der Waals surface area contributed by atoms with Crippen LogP contribution >= 0.6 is 0 Å². The van der Waals surface area contributed by atoms with Gasteiger partial charge in [0.2, 0.25) is 0 Å². The first kappa shape index (κ1) is 20.3. The zero-order valence-corrected chi connectivity index (χ0v) is 16.5. The van der Waals surface area contributed by atoms with Crippen molar-refractivity contribution >= 4 is 23.5 Å². The second-order valence-electron chi connectivity index (χ2n) is 7.38. The number of rotatable bonds is 5. The van der Waals surface area contributed by atoms with E-state index >= 15 is 0 Å². The lowest BCUT2D eigenvalue weighted by Gasteiger charge is -2.31. The largest absolute Gasteiger partial charge is 0.478 e. The summed E-state index contributed by atoms with van der Waals surface area (Å²) >= 11 is 0. The summed E-state index contributed by atoms with van der Waals surface area (Å²) in [6.45, 7) is 6.11. The smallest absolute Gasteiger partial charge is 0.343 e. The van der Waals surface area contributed by atoms with E-state index in [9.17, 15) is 19.5 Å². The third-order valence-electron chi connectivity index (χ3n) is 4.91. The van der Waals surface area contributed by atoms with Crippen LogP contribution in [-0.2, 0) is 14.9 Å². The van der Waals surface area contributed by atoms with Gasteiger partial charge in [-0.1, -0.05) is 38.1 Å². The van der Waals surface area contributed by atoms with E-state index in [-0.39, 0.29) is 28.9 Å². The minimum atomic E-state index is -1.19. The molecule has 3 rings (SSSR count). The molecule has 0 radical (unpaired) electrons. The van der Waals surface area contributed by atoms with E-state index in [0.29, 0.717) is 17.6 Å². The topological polar surface area (TPSA) is 89.9 Å². The number of hydrogen-bond donors (Lipinski definition) is 1. The van der Waals surface area contributed by atoms with Gasteiger partial charge in [-0.05, 0) is 54.2 Å². The molecule has 0 fully saturated rings. The summed E-state index contributed by atoms with van der Waals surface area (Å²) in [7, 11) is 0. The molecule has 0 amide bonds. The van der Waals surface area contributed by atoms with Gasteiger partial charge >= 0.3 is 17.9 Å². The summed E-state index contributed by atoms with van der Waals surface area (Å²) < 4.78 is 10.5. The van der Waals surface area contributed by atoms with Gasteiger partial charge < -0.3 is 14.6 Å². The highest BCUT2D eigenvalue weighted by atomic mass is 16.5. The van der Waals surface area contributed by atoms with Gasteiger partial charge in [-0.25, -0.2) is 14.4 Å². The van der Waals surface area contributed by atoms with Gasteiger partial charge in [0.1, 0.15) is 11.3 Å². The lowest BCUT2D eigenvalue weighted by molar-refractivity contribution is -0.136. The third kappa shape index (κ3) is 4.06. The Morgan fingerprint density at radius 3 is 2.48 bits per heavy atom. The summed E-state index contributed by atoms with van der Waals surface area (Å²) in [4.78, 5) is 36.4. The summed E-state index contributed by atoms with van der Waals surface area (Å²) in [6, 6.07) is 11.0. The molecule has 29 heavy (non-hydrogen) atoms. The summed E-state index contributed by atoms with van der Waals surface area (Å²) in [5.74, 6) is -2.36. The molecule has 0 spiro atoms. The number of carboxylic acids is 1. The normalized spacial score (nSPS) is 14.4. The Kier molecular flexibility index (Phi) is 5.55. The number of carbonyl (C=O) groups excluding carboxylic acids is 2. The molecule has 2 aromatic rings. The van der Waals surface area contributed by atoms with Crippen LogP contribution in [0.2, 0.25) is 0 Å². The van der Waals surface area contributed by atoms with Crippen molar-refractivity contribution in [2.45, 2.75) is 32.6 Å². The highest BCUT2D eigenvalue weighted by Crippen LogP contribution is 2.39. The average molecular weight is 394 g/mol. The maximum Gasteiger partial charge on any atom is 0.343 e. The van der Waals surface area contributed by atoms with E-state index in [2.05, 4.69) is 13.8 Å². The molecule has 150 valence electrons. The number of ether oxygens (including phenoxy) is 2. The molecule has 0 unspecified atom stereocenters. The fourth-order valence-electron chi connectivity index (χ4n) is 3.35. The first-order valence-corrected chi connectivity index (χ1v) is 9.31. The zero-order valence-electron chi connectivity index (χ0n) is 16.5. The zero-order chi connectivity index (χ0) is 21.2. The number of hydrogen-bond acceptors (Lipinski definition) is 5. The molecule has 0 bridgehead atoms. The van der Waals surface area contributed by atoms with E-state index < -0.39 is 17.9 Å². The van der Waals surface area contributed by atoms with Crippen molar-refractivity contribution in [3.05, 3.63) is 70.8 Å². The standard InChI is InChI=1S/C23H22O6/c1-4-28-22(27)15-11-12-23(2,3)18-10-9-14(13-17(15)18)21(26)29-19-8-6-5-7-16(19)20(24)25/h5-11,13H,4,12H2,1-3H3,(H,24,25). The molecule has 0 heterocycles. The first-order chi connectivity index (χ1) is 13.7. The maximum absolute atomic E-state index is 12.7. The molecule has 0 aromatic heterocycles. The molecule has 1 N–H and O–H groups in total. The minimum Gasteiger partial charge on any atom is -0.478 e. The average Bonchev–Trinajstić information content (AvgIpc) is 2.68.